The number of hydrogen-bond acceptors (Lipinski definition) is 1. The van der Waals surface area contributed by atoms with E-state index in [1.54, 1.807) is 24.3 Å². The zero-order valence-corrected chi connectivity index (χ0v) is 8.38. The molecule has 0 radical (unpaired) electrons. The van der Waals surface area contributed by atoms with Crippen LogP contribution in [0, 0.1) is 5.82 Å². The summed E-state index contributed by atoms with van der Waals surface area (Å²) in [4.78, 5) is 13.7. The summed E-state index contributed by atoms with van der Waals surface area (Å²) in [5.41, 5.74) is 0.616. The number of pyridine rings is 1. The van der Waals surface area contributed by atoms with Crippen LogP contribution in [-0.2, 0) is 0 Å². The molecule has 0 amide bonds. The summed E-state index contributed by atoms with van der Waals surface area (Å²) in [7, 11) is 0. The Morgan fingerprint density at radius 2 is 1.87 bits per heavy atom. The Morgan fingerprint density at radius 1 is 1.20 bits per heavy atom. The van der Waals surface area contributed by atoms with Gasteiger partial charge in [0.05, 0.1) is 0 Å². The molecule has 0 saturated heterocycles. The van der Waals surface area contributed by atoms with Crippen LogP contribution in [0.1, 0.15) is 0 Å². The van der Waals surface area contributed by atoms with E-state index in [2.05, 4.69) is 4.98 Å². The molecule has 1 aromatic heterocycles. The molecule has 0 aliphatic carbocycles. The number of aromatic amines is 1. The highest BCUT2D eigenvalue weighted by Gasteiger charge is 2.04. The third kappa shape index (κ3) is 2.07. The number of halogens is 2. The molecule has 0 atom stereocenters. The van der Waals surface area contributed by atoms with Crippen molar-refractivity contribution in [2.24, 2.45) is 0 Å². The molecule has 1 aromatic carbocycles. The maximum Gasteiger partial charge on any atom is 0.256 e. The van der Waals surface area contributed by atoms with E-state index in [4.69, 9.17) is 11.6 Å². The van der Waals surface area contributed by atoms with Crippen LogP contribution >= 0.6 is 11.6 Å². The summed E-state index contributed by atoms with van der Waals surface area (Å²) in [5, 5.41) is 0.576. The Morgan fingerprint density at radius 3 is 2.53 bits per heavy atom. The van der Waals surface area contributed by atoms with Crippen LogP contribution in [-0.4, -0.2) is 4.98 Å². The minimum absolute atomic E-state index is 0.298. The second-order valence-corrected chi connectivity index (χ2v) is 3.50. The van der Waals surface area contributed by atoms with Crippen LogP contribution in [0.3, 0.4) is 0 Å². The highest BCUT2D eigenvalue weighted by Crippen LogP contribution is 2.18. The van der Waals surface area contributed by atoms with E-state index in [-0.39, 0.29) is 5.56 Å². The first-order valence-electron chi connectivity index (χ1n) is 4.31. The fraction of sp³-hybridized carbons (Fsp3) is 0. The zero-order chi connectivity index (χ0) is 10.8. The van der Waals surface area contributed by atoms with Gasteiger partial charge >= 0.3 is 0 Å². The lowest BCUT2D eigenvalue weighted by Crippen LogP contribution is -2.08. The van der Waals surface area contributed by atoms with Crippen molar-refractivity contribution >= 4 is 11.6 Å². The Labute approximate surface area is 90.3 Å². The second-order valence-electron chi connectivity index (χ2n) is 3.07. The molecule has 2 rings (SSSR count). The van der Waals surface area contributed by atoms with Crippen LogP contribution in [0.15, 0.2) is 41.3 Å². The largest absolute Gasteiger partial charge is 0.326 e. The maximum absolute atomic E-state index is 12.9. The average molecular weight is 224 g/mol. The predicted molar refractivity (Wildman–Crippen MR) is 57.5 cm³/mol. The smallest absolute Gasteiger partial charge is 0.256 e. The first-order chi connectivity index (χ1) is 7.16. The molecule has 4 heteroatoms. The van der Waals surface area contributed by atoms with Crippen molar-refractivity contribution in [3.05, 3.63) is 57.7 Å². The fourth-order valence-corrected chi connectivity index (χ4v) is 1.43. The highest BCUT2D eigenvalue weighted by atomic mass is 35.5. The predicted octanol–water partition coefficient (Wildman–Crippen LogP) is 2.83. The number of hydrogen-bond donors (Lipinski definition) is 1. The molecule has 0 bridgehead atoms. The standard InChI is InChI=1S/C11H7ClFNO/c12-8-3-1-7(2-4-8)10-5-9(13)6-14-11(10)15/h1-6H,(H,14,15). The number of rotatable bonds is 1. The van der Waals surface area contributed by atoms with E-state index in [1.807, 2.05) is 0 Å². The van der Waals surface area contributed by atoms with Crippen molar-refractivity contribution in [3.63, 3.8) is 0 Å². The van der Waals surface area contributed by atoms with Crippen molar-refractivity contribution < 1.29 is 4.39 Å². The molecule has 0 aliphatic rings. The van der Waals surface area contributed by atoms with Crippen molar-refractivity contribution in [2.75, 3.05) is 0 Å². The van der Waals surface area contributed by atoms with Crippen LogP contribution in [0.25, 0.3) is 11.1 Å². The Bertz CT molecular complexity index is 533. The summed E-state index contributed by atoms with van der Waals surface area (Å²) in [5.74, 6) is -0.473. The molecule has 2 nitrogen and oxygen atoms in total. The molecule has 15 heavy (non-hydrogen) atoms. The van der Waals surface area contributed by atoms with Crippen molar-refractivity contribution in [3.8, 4) is 11.1 Å². The van der Waals surface area contributed by atoms with E-state index >= 15 is 0 Å². The zero-order valence-electron chi connectivity index (χ0n) is 7.63. The lowest BCUT2D eigenvalue weighted by molar-refractivity contribution is 0.621. The summed E-state index contributed by atoms with van der Waals surface area (Å²) < 4.78 is 12.9. The minimum Gasteiger partial charge on any atom is -0.326 e. The van der Waals surface area contributed by atoms with Gasteiger partial charge in [-0.05, 0) is 23.8 Å². The minimum atomic E-state index is -0.473. The van der Waals surface area contributed by atoms with Crippen LogP contribution in [0.4, 0.5) is 4.39 Å². The van der Waals surface area contributed by atoms with E-state index in [0.717, 1.165) is 6.20 Å². The third-order valence-corrected chi connectivity index (χ3v) is 2.28. The fourth-order valence-electron chi connectivity index (χ4n) is 1.30. The highest BCUT2D eigenvalue weighted by molar-refractivity contribution is 6.30. The van der Waals surface area contributed by atoms with Gasteiger partial charge in [-0.15, -0.1) is 0 Å². The van der Waals surface area contributed by atoms with Crippen molar-refractivity contribution in [1.82, 2.24) is 4.98 Å². The first kappa shape index (κ1) is 9.93. The molecule has 0 unspecified atom stereocenters. The molecular weight excluding hydrogens is 217 g/mol. The van der Waals surface area contributed by atoms with E-state index in [9.17, 15) is 9.18 Å². The van der Waals surface area contributed by atoms with Crippen LogP contribution in [0.5, 0.6) is 0 Å². The number of nitrogens with one attached hydrogen (secondary N) is 1. The van der Waals surface area contributed by atoms with Gasteiger partial charge in [0.15, 0.2) is 0 Å². The van der Waals surface area contributed by atoms with Crippen LogP contribution < -0.4 is 5.56 Å². The van der Waals surface area contributed by atoms with E-state index in [1.165, 1.54) is 6.07 Å². The van der Waals surface area contributed by atoms with E-state index < -0.39 is 5.82 Å². The van der Waals surface area contributed by atoms with Gasteiger partial charge in [0.1, 0.15) is 5.82 Å². The first-order valence-corrected chi connectivity index (χ1v) is 4.69. The molecule has 0 fully saturated rings. The summed E-state index contributed by atoms with van der Waals surface area (Å²) in [6.07, 6.45) is 1.03. The lowest BCUT2D eigenvalue weighted by atomic mass is 10.1. The third-order valence-electron chi connectivity index (χ3n) is 2.02. The number of benzene rings is 1. The number of H-pyrrole nitrogens is 1. The van der Waals surface area contributed by atoms with Gasteiger partial charge in [-0.2, -0.15) is 0 Å². The van der Waals surface area contributed by atoms with Crippen LogP contribution in [0.2, 0.25) is 5.02 Å². The Hall–Kier alpha value is -1.61. The van der Waals surface area contributed by atoms with E-state index in [0.29, 0.717) is 16.1 Å². The summed E-state index contributed by atoms with van der Waals surface area (Å²) >= 11 is 5.71. The van der Waals surface area contributed by atoms with Gasteiger partial charge in [-0.1, -0.05) is 23.7 Å². The summed E-state index contributed by atoms with van der Waals surface area (Å²) in [6, 6.07) is 7.85. The van der Waals surface area contributed by atoms with Gasteiger partial charge < -0.3 is 4.98 Å². The maximum atomic E-state index is 12.9. The molecule has 0 saturated carbocycles. The monoisotopic (exact) mass is 223 g/mol. The topological polar surface area (TPSA) is 32.9 Å². The molecule has 1 N–H and O–H groups in total. The van der Waals surface area contributed by atoms with Gasteiger partial charge in [0.2, 0.25) is 0 Å². The SMILES string of the molecule is O=c1[nH]cc(F)cc1-c1ccc(Cl)cc1. The Balaban J connectivity index is 2.58. The molecule has 0 spiro atoms. The van der Waals surface area contributed by atoms with Gasteiger partial charge in [0.25, 0.3) is 5.56 Å². The number of aromatic nitrogens is 1. The van der Waals surface area contributed by atoms with Crippen molar-refractivity contribution in [2.45, 2.75) is 0 Å². The van der Waals surface area contributed by atoms with Gasteiger partial charge in [0, 0.05) is 16.8 Å². The second kappa shape index (κ2) is 3.87. The van der Waals surface area contributed by atoms with Crippen molar-refractivity contribution in [1.29, 1.82) is 0 Å². The molecule has 2 aromatic rings. The molecular formula is C11H7ClFNO. The van der Waals surface area contributed by atoms with Gasteiger partial charge in [-0.25, -0.2) is 4.39 Å². The normalized spacial score (nSPS) is 10.3. The molecule has 1 heterocycles. The average Bonchev–Trinajstić information content (AvgIpc) is 2.23. The Kier molecular flexibility index (Phi) is 2.56. The van der Waals surface area contributed by atoms with Gasteiger partial charge in [-0.3, -0.25) is 4.79 Å². The quantitative estimate of drug-likeness (QED) is 0.792. The summed E-state index contributed by atoms with van der Waals surface area (Å²) in [6.45, 7) is 0. The molecule has 0 aliphatic heterocycles. The lowest BCUT2D eigenvalue weighted by Gasteiger charge is -2.00. The molecule has 76 valence electrons.